The summed E-state index contributed by atoms with van der Waals surface area (Å²) in [6.07, 6.45) is 5.34. The summed E-state index contributed by atoms with van der Waals surface area (Å²) in [4.78, 5) is 2.52. The van der Waals surface area contributed by atoms with Gasteiger partial charge in [-0.15, -0.1) is 0 Å². The Bertz CT molecular complexity index is 251. The van der Waals surface area contributed by atoms with Crippen LogP contribution in [0, 0.1) is 11.3 Å². The highest BCUT2D eigenvalue weighted by Gasteiger charge is 2.27. The van der Waals surface area contributed by atoms with Crippen molar-refractivity contribution in [3.05, 3.63) is 0 Å². The molecule has 3 nitrogen and oxygen atoms in total. The van der Waals surface area contributed by atoms with E-state index < -0.39 is 0 Å². The summed E-state index contributed by atoms with van der Waals surface area (Å²) in [6, 6.07) is 2.87. The summed E-state index contributed by atoms with van der Waals surface area (Å²) >= 11 is 0. The first-order valence-electron chi connectivity index (χ1n) is 7.94. The molecule has 0 rings (SSSR count). The molecule has 1 unspecified atom stereocenters. The van der Waals surface area contributed by atoms with Gasteiger partial charge in [-0.2, -0.15) is 5.26 Å². The van der Waals surface area contributed by atoms with E-state index in [1.807, 2.05) is 0 Å². The van der Waals surface area contributed by atoms with Crippen LogP contribution in [0.15, 0.2) is 0 Å². The quantitative estimate of drug-likeness (QED) is 0.622. The molecular formula is C16H33N3. The molecule has 0 saturated carbocycles. The van der Waals surface area contributed by atoms with Gasteiger partial charge in [-0.1, -0.05) is 20.8 Å². The van der Waals surface area contributed by atoms with Crippen molar-refractivity contribution in [3.63, 3.8) is 0 Å². The maximum atomic E-state index is 9.47. The van der Waals surface area contributed by atoms with Gasteiger partial charge in [0.15, 0.2) is 0 Å². The maximum absolute atomic E-state index is 9.47. The van der Waals surface area contributed by atoms with Crippen molar-refractivity contribution in [2.45, 2.75) is 78.3 Å². The second-order valence-electron chi connectivity index (χ2n) is 5.79. The van der Waals surface area contributed by atoms with Crippen LogP contribution in [0.2, 0.25) is 0 Å². The normalized spacial score (nSPS) is 14.6. The van der Waals surface area contributed by atoms with Gasteiger partial charge < -0.3 is 4.90 Å². The third kappa shape index (κ3) is 7.54. The Morgan fingerprint density at radius 2 is 1.68 bits per heavy atom. The van der Waals surface area contributed by atoms with Crippen LogP contribution in [-0.4, -0.2) is 36.1 Å². The molecule has 0 aliphatic carbocycles. The Kier molecular flexibility index (Phi) is 9.91. The predicted molar refractivity (Wildman–Crippen MR) is 83.2 cm³/mol. The summed E-state index contributed by atoms with van der Waals surface area (Å²) in [6.45, 7) is 14.3. The fourth-order valence-corrected chi connectivity index (χ4v) is 2.64. The van der Waals surface area contributed by atoms with E-state index in [1.165, 1.54) is 25.9 Å². The van der Waals surface area contributed by atoms with Crippen molar-refractivity contribution in [3.8, 4) is 6.07 Å². The molecule has 0 amide bonds. The Balaban J connectivity index is 4.28. The van der Waals surface area contributed by atoms with E-state index in [2.05, 4.69) is 50.9 Å². The molecule has 0 heterocycles. The van der Waals surface area contributed by atoms with Gasteiger partial charge in [0.1, 0.15) is 5.54 Å². The molecule has 112 valence electrons. The average Bonchev–Trinajstić information content (AvgIpc) is 2.37. The zero-order valence-electron chi connectivity index (χ0n) is 13.6. The second-order valence-corrected chi connectivity index (χ2v) is 5.79. The molecule has 0 bridgehead atoms. The summed E-state index contributed by atoms with van der Waals surface area (Å²) in [5, 5.41) is 12.9. The van der Waals surface area contributed by atoms with Gasteiger partial charge >= 0.3 is 0 Å². The molecule has 1 N–H and O–H groups in total. The number of nitrogens with one attached hydrogen (secondary N) is 1. The van der Waals surface area contributed by atoms with Crippen molar-refractivity contribution in [2.75, 3.05) is 19.6 Å². The zero-order valence-corrected chi connectivity index (χ0v) is 13.6. The van der Waals surface area contributed by atoms with Crippen LogP contribution in [0.1, 0.15) is 66.7 Å². The first-order chi connectivity index (χ1) is 9.03. The first kappa shape index (κ1) is 18.4. The maximum Gasteiger partial charge on any atom is 0.106 e. The molecule has 1 atom stereocenters. The monoisotopic (exact) mass is 267 g/mol. The fourth-order valence-electron chi connectivity index (χ4n) is 2.64. The van der Waals surface area contributed by atoms with Crippen LogP contribution in [0.5, 0.6) is 0 Å². The Labute approximate surface area is 120 Å². The molecule has 3 heteroatoms. The lowest BCUT2D eigenvalue weighted by Crippen LogP contribution is -2.47. The third-order valence-corrected chi connectivity index (χ3v) is 3.54. The first-order valence-corrected chi connectivity index (χ1v) is 7.94. The van der Waals surface area contributed by atoms with Gasteiger partial charge in [-0.3, -0.25) is 5.32 Å². The standard InChI is InChI=1S/C16H33N3/c1-6-11-19(12-7-2)13-9-10-16(8-3,14-17)18-15(4)5/h15,18H,6-13H2,1-5H3. The molecule has 0 fully saturated rings. The van der Waals surface area contributed by atoms with Gasteiger partial charge in [0.2, 0.25) is 0 Å². The molecule has 0 saturated heterocycles. The Hall–Kier alpha value is -0.590. The van der Waals surface area contributed by atoms with Crippen LogP contribution in [0.25, 0.3) is 0 Å². The van der Waals surface area contributed by atoms with E-state index in [0.717, 1.165) is 25.8 Å². The molecule has 19 heavy (non-hydrogen) atoms. The number of hydrogen-bond acceptors (Lipinski definition) is 3. The van der Waals surface area contributed by atoms with Gasteiger partial charge in [0.25, 0.3) is 0 Å². The summed E-state index contributed by atoms with van der Waals surface area (Å²) in [7, 11) is 0. The highest BCUT2D eigenvalue weighted by Crippen LogP contribution is 2.18. The Morgan fingerprint density at radius 3 is 2.05 bits per heavy atom. The van der Waals surface area contributed by atoms with E-state index in [4.69, 9.17) is 0 Å². The predicted octanol–water partition coefficient (Wildman–Crippen LogP) is 3.56. The molecule has 0 aliphatic rings. The van der Waals surface area contributed by atoms with E-state index in [-0.39, 0.29) is 5.54 Å². The summed E-state index contributed by atoms with van der Waals surface area (Å²) in [5.74, 6) is 0. The molecule has 0 aromatic carbocycles. The Morgan fingerprint density at radius 1 is 1.11 bits per heavy atom. The van der Waals surface area contributed by atoms with Gasteiger partial charge in [0.05, 0.1) is 6.07 Å². The van der Waals surface area contributed by atoms with Gasteiger partial charge in [-0.05, 0) is 65.6 Å². The molecule has 0 aromatic heterocycles. The lowest BCUT2D eigenvalue weighted by atomic mass is 9.91. The molecule has 0 aromatic rings. The van der Waals surface area contributed by atoms with Gasteiger partial charge in [0, 0.05) is 6.04 Å². The van der Waals surface area contributed by atoms with Crippen molar-refractivity contribution in [2.24, 2.45) is 0 Å². The van der Waals surface area contributed by atoms with Crippen molar-refractivity contribution < 1.29 is 0 Å². The number of nitrogens with zero attached hydrogens (tertiary/aromatic N) is 2. The number of hydrogen-bond donors (Lipinski definition) is 1. The van der Waals surface area contributed by atoms with E-state index in [0.29, 0.717) is 6.04 Å². The summed E-state index contributed by atoms with van der Waals surface area (Å²) in [5.41, 5.74) is -0.335. The van der Waals surface area contributed by atoms with E-state index in [1.54, 1.807) is 0 Å². The number of nitriles is 1. The lowest BCUT2D eigenvalue weighted by Gasteiger charge is -2.30. The molecule has 0 radical (unpaired) electrons. The minimum atomic E-state index is -0.335. The average molecular weight is 267 g/mol. The van der Waals surface area contributed by atoms with Crippen LogP contribution in [-0.2, 0) is 0 Å². The molecule has 0 spiro atoms. The highest BCUT2D eigenvalue weighted by molar-refractivity contribution is 5.06. The van der Waals surface area contributed by atoms with Gasteiger partial charge in [-0.25, -0.2) is 0 Å². The number of rotatable bonds is 11. The molecule has 0 aliphatic heterocycles. The van der Waals surface area contributed by atoms with Crippen molar-refractivity contribution >= 4 is 0 Å². The van der Waals surface area contributed by atoms with Crippen molar-refractivity contribution in [1.82, 2.24) is 10.2 Å². The third-order valence-electron chi connectivity index (χ3n) is 3.54. The van der Waals surface area contributed by atoms with Crippen molar-refractivity contribution in [1.29, 1.82) is 5.26 Å². The van der Waals surface area contributed by atoms with Crippen LogP contribution in [0.4, 0.5) is 0 Å². The fraction of sp³-hybridized carbons (Fsp3) is 0.938. The van der Waals surface area contributed by atoms with Crippen LogP contribution >= 0.6 is 0 Å². The zero-order chi connectivity index (χ0) is 14.7. The minimum Gasteiger partial charge on any atom is -0.303 e. The largest absolute Gasteiger partial charge is 0.303 e. The topological polar surface area (TPSA) is 39.1 Å². The van der Waals surface area contributed by atoms with Crippen LogP contribution in [0.3, 0.4) is 0 Å². The smallest absolute Gasteiger partial charge is 0.106 e. The second kappa shape index (κ2) is 10.2. The highest BCUT2D eigenvalue weighted by atomic mass is 15.1. The van der Waals surface area contributed by atoms with E-state index in [9.17, 15) is 5.26 Å². The summed E-state index contributed by atoms with van der Waals surface area (Å²) < 4.78 is 0. The SMILES string of the molecule is CCCN(CCC)CCCC(C#N)(CC)NC(C)C. The van der Waals surface area contributed by atoms with Crippen LogP contribution < -0.4 is 5.32 Å². The minimum absolute atomic E-state index is 0.335. The van der Waals surface area contributed by atoms with E-state index >= 15 is 0 Å². The molecular weight excluding hydrogens is 234 g/mol. The lowest BCUT2D eigenvalue weighted by molar-refractivity contribution is 0.249.